The molecule has 19 heavy (non-hydrogen) atoms. The highest BCUT2D eigenvalue weighted by atomic mass is 16.5. The molecular formula is C14H11N3O2. The fraction of sp³-hybridized carbons (Fsp3) is 0. The van der Waals surface area contributed by atoms with Gasteiger partial charge in [0.15, 0.2) is 0 Å². The zero-order chi connectivity index (χ0) is 13.8. The monoisotopic (exact) mass is 253 g/mol. The molecule has 0 unspecified atom stereocenters. The normalized spacial score (nSPS) is 9.63. The molecule has 0 fully saturated rings. The molecule has 0 saturated heterocycles. The minimum atomic E-state index is -0.496. The van der Waals surface area contributed by atoms with Crippen LogP contribution in [0.3, 0.4) is 0 Å². The fourth-order valence-corrected chi connectivity index (χ4v) is 1.53. The third-order valence-corrected chi connectivity index (χ3v) is 2.51. The van der Waals surface area contributed by atoms with Crippen LogP contribution in [0.15, 0.2) is 42.5 Å². The maximum atomic E-state index is 10.9. The number of carbonyl (C=O) groups excluding carboxylic acids is 1. The average Bonchev–Trinajstić information content (AvgIpc) is 2.41. The summed E-state index contributed by atoms with van der Waals surface area (Å²) in [5.41, 5.74) is 12.2. The number of hydrogen-bond acceptors (Lipinski definition) is 4. The number of anilines is 1. The van der Waals surface area contributed by atoms with Gasteiger partial charge in [-0.1, -0.05) is 0 Å². The van der Waals surface area contributed by atoms with Gasteiger partial charge in [0.2, 0.25) is 5.91 Å². The third kappa shape index (κ3) is 2.82. The summed E-state index contributed by atoms with van der Waals surface area (Å²) >= 11 is 0. The van der Waals surface area contributed by atoms with Gasteiger partial charge < -0.3 is 16.2 Å². The number of primary amides is 1. The molecule has 1 amide bonds. The van der Waals surface area contributed by atoms with Crippen molar-refractivity contribution >= 4 is 11.6 Å². The van der Waals surface area contributed by atoms with E-state index in [0.717, 1.165) is 0 Å². The Kier molecular flexibility index (Phi) is 3.35. The van der Waals surface area contributed by atoms with Crippen LogP contribution < -0.4 is 16.2 Å². The van der Waals surface area contributed by atoms with Gasteiger partial charge in [-0.15, -0.1) is 0 Å². The molecule has 5 nitrogen and oxygen atoms in total. The van der Waals surface area contributed by atoms with Crippen molar-refractivity contribution in [3.8, 4) is 17.6 Å². The van der Waals surface area contributed by atoms with E-state index in [0.29, 0.717) is 28.3 Å². The Bertz CT molecular complexity index is 657. The molecule has 94 valence electrons. The van der Waals surface area contributed by atoms with E-state index in [1.54, 1.807) is 36.4 Å². The first kappa shape index (κ1) is 12.5. The van der Waals surface area contributed by atoms with Crippen LogP contribution in [0.4, 0.5) is 5.69 Å². The van der Waals surface area contributed by atoms with Gasteiger partial charge in [0.1, 0.15) is 11.5 Å². The largest absolute Gasteiger partial charge is 0.455 e. The molecule has 0 aliphatic carbocycles. The predicted molar refractivity (Wildman–Crippen MR) is 70.6 cm³/mol. The fourth-order valence-electron chi connectivity index (χ4n) is 1.53. The quantitative estimate of drug-likeness (QED) is 0.817. The number of nitrogens with zero attached hydrogens (tertiary/aromatic N) is 1. The van der Waals surface area contributed by atoms with Gasteiger partial charge in [0.05, 0.1) is 17.3 Å². The summed E-state index contributed by atoms with van der Waals surface area (Å²) in [7, 11) is 0. The summed E-state index contributed by atoms with van der Waals surface area (Å²) < 4.78 is 5.56. The number of nitrogens with two attached hydrogens (primary N) is 2. The number of rotatable bonds is 3. The number of nitriles is 1. The van der Waals surface area contributed by atoms with E-state index in [9.17, 15) is 4.79 Å². The zero-order valence-electron chi connectivity index (χ0n) is 9.96. The second-order valence-electron chi connectivity index (χ2n) is 3.86. The van der Waals surface area contributed by atoms with E-state index in [-0.39, 0.29) is 0 Å². The van der Waals surface area contributed by atoms with Crippen molar-refractivity contribution in [1.82, 2.24) is 0 Å². The molecule has 0 aromatic heterocycles. The molecule has 5 heteroatoms. The first-order valence-corrected chi connectivity index (χ1v) is 5.47. The highest BCUT2D eigenvalue weighted by Gasteiger charge is 2.05. The molecule has 0 atom stereocenters. The van der Waals surface area contributed by atoms with Crippen molar-refractivity contribution < 1.29 is 9.53 Å². The summed E-state index contributed by atoms with van der Waals surface area (Å²) in [5, 5.41) is 8.74. The Hall–Kier alpha value is -3.00. The van der Waals surface area contributed by atoms with E-state index < -0.39 is 5.91 Å². The highest BCUT2D eigenvalue weighted by molar-refractivity contribution is 5.92. The maximum Gasteiger partial charge on any atom is 0.248 e. The Morgan fingerprint density at radius 1 is 1.16 bits per heavy atom. The van der Waals surface area contributed by atoms with Crippen molar-refractivity contribution in [3.63, 3.8) is 0 Å². The van der Waals surface area contributed by atoms with Crippen LogP contribution >= 0.6 is 0 Å². The smallest absolute Gasteiger partial charge is 0.248 e. The molecule has 0 radical (unpaired) electrons. The predicted octanol–water partition coefficient (Wildman–Crippen LogP) is 2.03. The van der Waals surface area contributed by atoms with Gasteiger partial charge in [-0.3, -0.25) is 4.79 Å². The molecule has 0 saturated carbocycles. The topological polar surface area (TPSA) is 102 Å². The standard InChI is InChI=1S/C14H11N3O2/c15-8-9-1-6-13(12(16)7-9)19-11-4-2-10(3-5-11)14(17)18/h1-7H,16H2,(H2,17,18). The Morgan fingerprint density at radius 3 is 2.37 bits per heavy atom. The van der Waals surface area contributed by atoms with Crippen molar-refractivity contribution in [3.05, 3.63) is 53.6 Å². The number of amides is 1. The van der Waals surface area contributed by atoms with Crippen LogP contribution in [0.25, 0.3) is 0 Å². The molecule has 0 spiro atoms. The molecule has 0 aliphatic rings. The summed E-state index contributed by atoms with van der Waals surface area (Å²) in [4.78, 5) is 10.9. The Labute approximate surface area is 110 Å². The van der Waals surface area contributed by atoms with Crippen LogP contribution in [-0.4, -0.2) is 5.91 Å². The van der Waals surface area contributed by atoms with Gasteiger partial charge in [0, 0.05) is 5.56 Å². The first-order chi connectivity index (χ1) is 9.10. The van der Waals surface area contributed by atoms with Gasteiger partial charge in [-0.05, 0) is 42.5 Å². The first-order valence-electron chi connectivity index (χ1n) is 5.47. The minimum Gasteiger partial charge on any atom is -0.455 e. The molecule has 2 aromatic carbocycles. The van der Waals surface area contributed by atoms with E-state index in [1.165, 1.54) is 6.07 Å². The second kappa shape index (κ2) is 5.10. The lowest BCUT2D eigenvalue weighted by atomic mass is 10.2. The van der Waals surface area contributed by atoms with Crippen molar-refractivity contribution in [1.29, 1.82) is 5.26 Å². The highest BCUT2D eigenvalue weighted by Crippen LogP contribution is 2.28. The number of ether oxygens (including phenoxy) is 1. The summed E-state index contributed by atoms with van der Waals surface area (Å²) in [6.07, 6.45) is 0. The van der Waals surface area contributed by atoms with Crippen molar-refractivity contribution in [2.24, 2.45) is 5.73 Å². The molecule has 2 rings (SSSR count). The summed E-state index contributed by atoms with van der Waals surface area (Å²) in [5.74, 6) is 0.483. The van der Waals surface area contributed by atoms with Crippen LogP contribution in [0.2, 0.25) is 0 Å². The van der Waals surface area contributed by atoms with Gasteiger partial charge in [-0.2, -0.15) is 5.26 Å². The number of benzene rings is 2. The minimum absolute atomic E-state index is 0.373. The number of carbonyl (C=O) groups is 1. The lowest BCUT2D eigenvalue weighted by Crippen LogP contribution is -2.10. The molecule has 0 aliphatic heterocycles. The van der Waals surface area contributed by atoms with E-state index in [1.807, 2.05) is 6.07 Å². The lowest BCUT2D eigenvalue weighted by molar-refractivity contribution is 0.100. The molecule has 0 bridgehead atoms. The van der Waals surface area contributed by atoms with E-state index >= 15 is 0 Å². The maximum absolute atomic E-state index is 10.9. The molecule has 0 heterocycles. The van der Waals surface area contributed by atoms with E-state index in [2.05, 4.69) is 0 Å². The average molecular weight is 253 g/mol. The van der Waals surface area contributed by atoms with Gasteiger partial charge in [-0.25, -0.2) is 0 Å². The number of nitrogen functional groups attached to an aromatic ring is 1. The van der Waals surface area contributed by atoms with Crippen LogP contribution in [0, 0.1) is 11.3 Å². The van der Waals surface area contributed by atoms with Gasteiger partial charge in [0.25, 0.3) is 0 Å². The van der Waals surface area contributed by atoms with Crippen molar-refractivity contribution in [2.45, 2.75) is 0 Å². The SMILES string of the molecule is N#Cc1ccc(Oc2ccc(C(N)=O)cc2)c(N)c1. The van der Waals surface area contributed by atoms with Crippen LogP contribution in [0.1, 0.15) is 15.9 Å². The summed E-state index contributed by atoms with van der Waals surface area (Å²) in [6, 6.07) is 13.1. The summed E-state index contributed by atoms with van der Waals surface area (Å²) in [6.45, 7) is 0. The molecule has 2 aromatic rings. The third-order valence-electron chi connectivity index (χ3n) is 2.51. The number of hydrogen-bond donors (Lipinski definition) is 2. The van der Waals surface area contributed by atoms with Crippen LogP contribution in [0.5, 0.6) is 11.5 Å². The molecular weight excluding hydrogens is 242 g/mol. The second-order valence-corrected chi connectivity index (χ2v) is 3.86. The van der Waals surface area contributed by atoms with Crippen molar-refractivity contribution in [2.75, 3.05) is 5.73 Å². The Balaban J connectivity index is 2.22. The van der Waals surface area contributed by atoms with Gasteiger partial charge >= 0.3 is 0 Å². The zero-order valence-corrected chi connectivity index (χ0v) is 9.96. The van der Waals surface area contributed by atoms with E-state index in [4.69, 9.17) is 21.5 Å². The lowest BCUT2D eigenvalue weighted by Gasteiger charge is -2.08. The molecule has 4 N–H and O–H groups in total. The Morgan fingerprint density at radius 2 is 1.84 bits per heavy atom. The van der Waals surface area contributed by atoms with Crippen LogP contribution in [-0.2, 0) is 0 Å².